The second-order valence-electron chi connectivity index (χ2n) is 10.8. The topological polar surface area (TPSA) is 44.8 Å². The molecule has 0 saturated heterocycles. The van der Waals surface area contributed by atoms with E-state index in [9.17, 15) is 4.79 Å². The smallest absolute Gasteiger partial charge is 0.185 e. The fraction of sp³-hybridized carbons (Fsp3) is 0.583. The second kappa shape index (κ2) is 21.1. The summed E-state index contributed by atoms with van der Waals surface area (Å²) in [4.78, 5) is 12.6. The minimum Gasteiger partial charge on any atom is -0.496 e. The van der Waals surface area contributed by atoms with Gasteiger partial charge in [0.25, 0.3) is 0 Å². The first-order valence-corrected chi connectivity index (χ1v) is 15.8. The molecule has 0 aromatic heterocycles. The number of hydrogen-bond acceptors (Lipinski definition) is 4. The van der Waals surface area contributed by atoms with E-state index in [1.807, 2.05) is 36.4 Å². The van der Waals surface area contributed by atoms with Crippen LogP contribution in [-0.2, 0) is 6.42 Å². The molecule has 0 radical (unpaired) electrons. The number of allylic oxidation sites excluding steroid dienone is 1. The minimum atomic E-state index is -0.0686. The van der Waals surface area contributed by atoms with Crippen molar-refractivity contribution in [3.63, 3.8) is 0 Å². The van der Waals surface area contributed by atoms with E-state index in [1.165, 1.54) is 96.3 Å². The summed E-state index contributed by atoms with van der Waals surface area (Å²) in [5.41, 5.74) is 2.43. The van der Waals surface area contributed by atoms with Gasteiger partial charge in [-0.05, 0) is 31.1 Å². The van der Waals surface area contributed by atoms with E-state index in [1.54, 1.807) is 33.5 Å². The molecule has 0 heterocycles. The quantitative estimate of drug-likeness (QED) is 0.0784. The molecule has 0 saturated carbocycles. The van der Waals surface area contributed by atoms with E-state index >= 15 is 0 Å². The van der Waals surface area contributed by atoms with Crippen molar-refractivity contribution in [2.24, 2.45) is 0 Å². The number of ether oxygens (including phenoxy) is 3. The molecular formula is C36H54O4. The zero-order valence-electron chi connectivity index (χ0n) is 25.8. The van der Waals surface area contributed by atoms with Gasteiger partial charge in [0.05, 0.1) is 26.9 Å². The number of ketones is 1. The Hall–Kier alpha value is -2.75. The maximum atomic E-state index is 12.6. The number of aryl methyl sites for hydroxylation is 1. The molecule has 2 aromatic carbocycles. The zero-order valence-corrected chi connectivity index (χ0v) is 25.8. The third-order valence-corrected chi connectivity index (χ3v) is 7.70. The fourth-order valence-electron chi connectivity index (χ4n) is 5.34. The van der Waals surface area contributed by atoms with Crippen LogP contribution in [0.1, 0.15) is 131 Å². The van der Waals surface area contributed by atoms with Gasteiger partial charge in [-0.3, -0.25) is 4.79 Å². The lowest BCUT2D eigenvalue weighted by Gasteiger charge is -2.18. The van der Waals surface area contributed by atoms with E-state index < -0.39 is 0 Å². The molecule has 4 nitrogen and oxygen atoms in total. The average molecular weight is 551 g/mol. The van der Waals surface area contributed by atoms with Crippen LogP contribution in [0.2, 0.25) is 0 Å². The Morgan fingerprint density at radius 1 is 0.650 bits per heavy atom. The van der Waals surface area contributed by atoms with Crippen molar-refractivity contribution in [2.45, 2.75) is 116 Å². The molecular weight excluding hydrogens is 496 g/mol. The monoisotopic (exact) mass is 550 g/mol. The van der Waals surface area contributed by atoms with Crippen LogP contribution >= 0.6 is 0 Å². The highest BCUT2D eigenvalue weighted by Crippen LogP contribution is 2.42. The Kier molecular flexibility index (Phi) is 17.6. The summed E-state index contributed by atoms with van der Waals surface area (Å²) in [6.45, 7) is 2.28. The lowest BCUT2D eigenvalue weighted by atomic mass is 9.99. The normalized spacial score (nSPS) is 11.2. The van der Waals surface area contributed by atoms with Crippen molar-refractivity contribution < 1.29 is 19.0 Å². The highest BCUT2D eigenvalue weighted by atomic mass is 16.5. The van der Waals surface area contributed by atoms with E-state index in [0.717, 1.165) is 24.2 Å². The van der Waals surface area contributed by atoms with Gasteiger partial charge in [-0.25, -0.2) is 0 Å². The van der Waals surface area contributed by atoms with Gasteiger partial charge in [0.1, 0.15) is 5.75 Å². The van der Waals surface area contributed by atoms with Crippen LogP contribution in [0.15, 0.2) is 42.5 Å². The van der Waals surface area contributed by atoms with Gasteiger partial charge in [0, 0.05) is 11.1 Å². The Morgan fingerprint density at radius 3 is 1.62 bits per heavy atom. The largest absolute Gasteiger partial charge is 0.496 e. The lowest BCUT2D eigenvalue weighted by Crippen LogP contribution is -2.02. The van der Waals surface area contributed by atoms with Gasteiger partial charge in [-0.15, -0.1) is 0 Å². The highest BCUT2D eigenvalue weighted by molar-refractivity contribution is 6.07. The average Bonchev–Trinajstić information content (AvgIpc) is 2.99. The summed E-state index contributed by atoms with van der Waals surface area (Å²) in [6, 6.07) is 11.3. The minimum absolute atomic E-state index is 0.0686. The summed E-state index contributed by atoms with van der Waals surface area (Å²) in [6.07, 6.45) is 26.0. The SMILES string of the molecule is CCCCCCCCCCCCCCCCCCc1cc(OC)c(C=CC(=O)c2ccccc2)c(OC)c1OC. The van der Waals surface area contributed by atoms with Gasteiger partial charge in [0.2, 0.25) is 0 Å². The van der Waals surface area contributed by atoms with Crippen molar-refractivity contribution in [1.29, 1.82) is 0 Å². The molecule has 2 rings (SSSR count). The van der Waals surface area contributed by atoms with E-state index in [2.05, 4.69) is 6.92 Å². The molecule has 40 heavy (non-hydrogen) atoms. The van der Waals surface area contributed by atoms with Gasteiger partial charge in [-0.1, -0.05) is 134 Å². The highest BCUT2D eigenvalue weighted by Gasteiger charge is 2.19. The zero-order chi connectivity index (χ0) is 28.8. The molecule has 0 fully saturated rings. The summed E-state index contributed by atoms with van der Waals surface area (Å²) in [7, 11) is 4.95. The molecule has 0 unspecified atom stereocenters. The maximum Gasteiger partial charge on any atom is 0.185 e. The fourth-order valence-corrected chi connectivity index (χ4v) is 5.34. The third kappa shape index (κ3) is 12.2. The molecule has 0 amide bonds. The van der Waals surface area contributed by atoms with E-state index in [0.29, 0.717) is 22.6 Å². The van der Waals surface area contributed by atoms with Crippen molar-refractivity contribution >= 4 is 11.9 Å². The number of carbonyl (C=O) groups excluding carboxylic acids is 1. The number of rotatable bonds is 23. The van der Waals surface area contributed by atoms with Crippen LogP contribution in [0.25, 0.3) is 6.08 Å². The molecule has 0 aliphatic carbocycles. The molecule has 4 heteroatoms. The summed E-state index contributed by atoms with van der Waals surface area (Å²) < 4.78 is 17.2. The van der Waals surface area contributed by atoms with Crippen LogP contribution in [0.4, 0.5) is 0 Å². The summed E-state index contributed by atoms with van der Waals surface area (Å²) in [5.74, 6) is 1.93. The molecule has 0 atom stereocenters. The standard InChI is InChI=1S/C36H54O4/c1-5-6-7-8-9-10-11-12-13-14-15-16-17-18-19-21-26-31-29-34(38-2)32(36(40-4)35(31)39-3)27-28-33(37)30-24-22-20-23-25-30/h20,22-25,27-29H,5-19,21,26H2,1-4H3. The van der Waals surface area contributed by atoms with Gasteiger partial charge < -0.3 is 14.2 Å². The van der Waals surface area contributed by atoms with Crippen LogP contribution in [-0.4, -0.2) is 27.1 Å². The Labute approximate surface area is 244 Å². The molecule has 2 aromatic rings. The molecule has 222 valence electrons. The van der Waals surface area contributed by atoms with Crippen LogP contribution in [0.5, 0.6) is 17.2 Å². The lowest BCUT2D eigenvalue weighted by molar-refractivity contribution is 0.104. The van der Waals surface area contributed by atoms with E-state index in [-0.39, 0.29) is 5.78 Å². The van der Waals surface area contributed by atoms with Crippen LogP contribution in [0, 0.1) is 0 Å². The van der Waals surface area contributed by atoms with Gasteiger partial charge >= 0.3 is 0 Å². The molecule has 0 bridgehead atoms. The van der Waals surface area contributed by atoms with Crippen LogP contribution in [0.3, 0.4) is 0 Å². The van der Waals surface area contributed by atoms with Gasteiger partial charge in [0.15, 0.2) is 17.3 Å². The summed E-state index contributed by atoms with van der Waals surface area (Å²) >= 11 is 0. The van der Waals surface area contributed by atoms with Crippen LogP contribution < -0.4 is 14.2 Å². The number of benzene rings is 2. The molecule has 0 N–H and O–H groups in total. The summed E-state index contributed by atoms with van der Waals surface area (Å²) in [5, 5.41) is 0. The van der Waals surface area contributed by atoms with Crippen molar-refractivity contribution in [2.75, 3.05) is 21.3 Å². The second-order valence-corrected chi connectivity index (χ2v) is 10.8. The first kappa shape index (κ1) is 33.5. The molecule has 0 aliphatic rings. The maximum absolute atomic E-state index is 12.6. The first-order valence-electron chi connectivity index (χ1n) is 15.8. The van der Waals surface area contributed by atoms with Crippen molar-refractivity contribution in [3.05, 3.63) is 59.2 Å². The Bertz CT molecular complexity index is 980. The molecule has 0 spiro atoms. The Balaban J connectivity index is 1.74. The first-order chi connectivity index (χ1) is 19.7. The number of carbonyl (C=O) groups is 1. The van der Waals surface area contributed by atoms with Gasteiger partial charge in [-0.2, -0.15) is 0 Å². The predicted octanol–water partition coefficient (Wildman–Crippen LogP) is 10.4. The number of unbranched alkanes of at least 4 members (excludes halogenated alkanes) is 15. The predicted molar refractivity (Wildman–Crippen MR) is 169 cm³/mol. The third-order valence-electron chi connectivity index (χ3n) is 7.70. The Morgan fingerprint density at radius 2 is 1.15 bits per heavy atom. The van der Waals surface area contributed by atoms with E-state index in [4.69, 9.17) is 14.2 Å². The number of methoxy groups -OCH3 is 3. The van der Waals surface area contributed by atoms with Crippen molar-refractivity contribution in [1.82, 2.24) is 0 Å². The van der Waals surface area contributed by atoms with Crippen molar-refractivity contribution in [3.8, 4) is 17.2 Å². The molecule has 0 aliphatic heterocycles. The number of hydrogen-bond donors (Lipinski definition) is 0.